The Hall–Kier alpha value is -1.58. The minimum absolute atomic E-state index is 0.0697. The van der Waals surface area contributed by atoms with E-state index in [4.69, 9.17) is 0 Å². The van der Waals surface area contributed by atoms with Crippen molar-refractivity contribution < 1.29 is 4.92 Å². The lowest BCUT2D eigenvalue weighted by atomic mass is 9.86. The van der Waals surface area contributed by atoms with Crippen molar-refractivity contribution in [1.82, 2.24) is 0 Å². The van der Waals surface area contributed by atoms with E-state index in [1.807, 2.05) is 12.1 Å². The summed E-state index contributed by atoms with van der Waals surface area (Å²) < 4.78 is 0. The zero-order chi connectivity index (χ0) is 13.3. The Kier molecular flexibility index (Phi) is 3.28. The zero-order valence-electron chi connectivity index (χ0n) is 11.2. The molecule has 0 aliphatic heterocycles. The van der Waals surface area contributed by atoms with Gasteiger partial charge in [0.2, 0.25) is 0 Å². The van der Waals surface area contributed by atoms with Gasteiger partial charge in [0, 0.05) is 12.6 Å². The van der Waals surface area contributed by atoms with Crippen LogP contribution in [0.3, 0.4) is 0 Å². The molecule has 18 heavy (non-hydrogen) atoms. The average Bonchev–Trinajstić information content (AvgIpc) is 3.08. The molecule has 0 bridgehead atoms. The second kappa shape index (κ2) is 4.59. The van der Waals surface area contributed by atoms with E-state index in [1.165, 1.54) is 12.8 Å². The topological polar surface area (TPSA) is 55.2 Å². The molecule has 0 amide bonds. The first-order valence-electron chi connectivity index (χ1n) is 6.41. The number of hydrogen-bond acceptors (Lipinski definition) is 3. The van der Waals surface area contributed by atoms with E-state index in [2.05, 4.69) is 26.1 Å². The van der Waals surface area contributed by atoms with Gasteiger partial charge in [-0.15, -0.1) is 0 Å². The molecule has 1 N–H and O–H groups in total. The molecule has 1 aromatic carbocycles. The van der Waals surface area contributed by atoms with Crippen LogP contribution >= 0.6 is 0 Å². The number of benzene rings is 1. The number of nitro groups is 1. The van der Waals surface area contributed by atoms with Gasteiger partial charge in [0.15, 0.2) is 0 Å². The van der Waals surface area contributed by atoms with Gasteiger partial charge in [-0.05, 0) is 35.8 Å². The van der Waals surface area contributed by atoms with Crippen molar-refractivity contribution in [3.05, 3.63) is 33.9 Å². The van der Waals surface area contributed by atoms with Gasteiger partial charge in [-0.25, -0.2) is 0 Å². The number of nitrogens with one attached hydrogen (secondary N) is 1. The summed E-state index contributed by atoms with van der Waals surface area (Å²) in [5.41, 5.74) is 1.74. The van der Waals surface area contributed by atoms with Gasteiger partial charge in [0.1, 0.15) is 5.69 Å². The standard InChI is InChI=1S/C14H20N2O2/c1-14(2,3)11-6-7-12(13(8-11)16(17)18)15-9-10-4-5-10/h6-8,10,15H,4-5,9H2,1-3H3. The molecule has 1 aromatic rings. The first-order valence-corrected chi connectivity index (χ1v) is 6.41. The van der Waals surface area contributed by atoms with E-state index in [0.717, 1.165) is 12.1 Å². The molecule has 1 aliphatic rings. The van der Waals surface area contributed by atoms with Crippen LogP contribution in [0.4, 0.5) is 11.4 Å². The van der Waals surface area contributed by atoms with Gasteiger partial charge >= 0.3 is 0 Å². The van der Waals surface area contributed by atoms with E-state index < -0.39 is 0 Å². The Morgan fingerprint density at radius 3 is 2.56 bits per heavy atom. The van der Waals surface area contributed by atoms with Crippen molar-refractivity contribution in [2.75, 3.05) is 11.9 Å². The molecule has 98 valence electrons. The highest BCUT2D eigenvalue weighted by molar-refractivity contribution is 5.63. The summed E-state index contributed by atoms with van der Waals surface area (Å²) in [5, 5.41) is 14.3. The van der Waals surface area contributed by atoms with Crippen LogP contribution in [-0.2, 0) is 5.41 Å². The molecular formula is C14H20N2O2. The summed E-state index contributed by atoms with van der Waals surface area (Å²) in [6, 6.07) is 5.50. The van der Waals surface area contributed by atoms with Crippen LogP contribution < -0.4 is 5.32 Å². The summed E-state index contributed by atoms with van der Waals surface area (Å²) in [7, 11) is 0. The first-order chi connectivity index (χ1) is 8.38. The van der Waals surface area contributed by atoms with Crippen molar-refractivity contribution in [3.63, 3.8) is 0 Å². The number of nitrogens with zero attached hydrogens (tertiary/aromatic N) is 1. The molecule has 2 rings (SSSR count). The van der Waals surface area contributed by atoms with E-state index in [0.29, 0.717) is 11.6 Å². The Bertz CT molecular complexity index is 459. The van der Waals surface area contributed by atoms with Crippen LogP contribution in [0.2, 0.25) is 0 Å². The molecule has 0 spiro atoms. The monoisotopic (exact) mass is 248 g/mol. The highest BCUT2D eigenvalue weighted by Crippen LogP contribution is 2.33. The maximum Gasteiger partial charge on any atom is 0.292 e. The van der Waals surface area contributed by atoms with Crippen LogP contribution in [0.15, 0.2) is 18.2 Å². The van der Waals surface area contributed by atoms with Crippen LogP contribution in [0.25, 0.3) is 0 Å². The van der Waals surface area contributed by atoms with Gasteiger partial charge in [0.05, 0.1) is 4.92 Å². The smallest absolute Gasteiger partial charge is 0.292 e. The van der Waals surface area contributed by atoms with Crippen LogP contribution in [-0.4, -0.2) is 11.5 Å². The molecular weight excluding hydrogens is 228 g/mol. The minimum atomic E-state index is -0.301. The van der Waals surface area contributed by atoms with E-state index in [9.17, 15) is 10.1 Å². The lowest BCUT2D eigenvalue weighted by Gasteiger charge is -2.19. The van der Waals surface area contributed by atoms with E-state index >= 15 is 0 Å². The Morgan fingerprint density at radius 2 is 2.06 bits per heavy atom. The zero-order valence-corrected chi connectivity index (χ0v) is 11.2. The molecule has 1 aliphatic carbocycles. The highest BCUT2D eigenvalue weighted by Gasteiger charge is 2.24. The fourth-order valence-electron chi connectivity index (χ4n) is 1.87. The number of hydrogen-bond donors (Lipinski definition) is 1. The molecule has 0 radical (unpaired) electrons. The quantitative estimate of drug-likeness (QED) is 0.652. The fraction of sp³-hybridized carbons (Fsp3) is 0.571. The van der Waals surface area contributed by atoms with Crippen molar-refractivity contribution >= 4 is 11.4 Å². The summed E-state index contributed by atoms with van der Waals surface area (Å²) in [6.07, 6.45) is 2.47. The minimum Gasteiger partial charge on any atom is -0.379 e. The molecule has 4 nitrogen and oxygen atoms in total. The fourth-order valence-corrected chi connectivity index (χ4v) is 1.87. The van der Waals surface area contributed by atoms with Gasteiger partial charge in [-0.2, -0.15) is 0 Å². The second-order valence-electron chi connectivity index (χ2n) is 6.06. The maximum atomic E-state index is 11.1. The second-order valence-corrected chi connectivity index (χ2v) is 6.06. The molecule has 0 saturated heterocycles. The summed E-state index contributed by atoms with van der Waals surface area (Å²) in [6.45, 7) is 7.02. The van der Waals surface area contributed by atoms with E-state index in [1.54, 1.807) is 6.07 Å². The SMILES string of the molecule is CC(C)(C)c1ccc(NCC2CC2)c([N+](=O)[O-])c1. The van der Waals surface area contributed by atoms with Crippen LogP contribution in [0.5, 0.6) is 0 Å². The van der Waals surface area contributed by atoms with Crippen LogP contribution in [0, 0.1) is 16.0 Å². The number of nitro benzene ring substituents is 1. The Labute approximate surface area is 108 Å². The summed E-state index contributed by atoms with van der Waals surface area (Å²) >= 11 is 0. The normalized spacial score (nSPS) is 15.5. The molecule has 0 heterocycles. The van der Waals surface area contributed by atoms with Crippen molar-refractivity contribution in [3.8, 4) is 0 Å². The highest BCUT2D eigenvalue weighted by atomic mass is 16.6. The lowest BCUT2D eigenvalue weighted by molar-refractivity contribution is -0.384. The predicted octanol–water partition coefficient (Wildman–Crippen LogP) is 3.71. The third-order valence-corrected chi connectivity index (χ3v) is 3.34. The third-order valence-electron chi connectivity index (χ3n) is 3.34. The Morgan fingerprint density at radius 1 is 1.39 bits per heavy atom. The molecule has 4 heteroatoms. The van der Waals surface area contributed by atoms with Crippen molar-refractivity contribution in [2.24, 2.45) is 5.92 Å². The average molecular weight is 248 g/mol. The molecule has 0 unspecified atom stereocenters. The summed E-state index contributed by atoms with van der Waals surface area (Å²) in [4.78, 5) is 10.8. The maximum absolute atomic E-state index is 11.1. The van der Waals surface area contributed by atoms with Gasteiger partial charge in [0.25, 0.3) is 5.69 Å². The first kappa shape index (κ1) is 12.9. The van der Waals surface area contributed by atoms with Crippen molar-refractivity contribution in [2.45, 2.75) is 39.0 Å². The van der Waals surface area contributed by atoms with E-state index in [-0.39, 0.29) is 16.0 Å². The molecule has 1 saturated carbocycles. The number of rotatable bonds is 4. The third kappa shape index (κ3) is 3.00. The molecule has 0 aromatic heterocycles. The molecule has 1 fully saturated rings. The van der Waals surface area contributed by atoms with Gasteiger partial charge in [-0.1, -0.05) is 26.8 Å². The lowest BCUT2D eigenvalue weighted by Crippen LogP contribution is -2.12. The number of anilines is 1. The van der Waals surface area contributed by atoms with Gasteiger partial charge < -0.3 is 5.32 Å². The van der Waals surface area contributed by atoms with Crippen molar-refractivity contribution in [1.29, 1.82) is 0 Å². The summed E-state index contributed by atoms with van der Waals surface area (Å²) in [5.74, 6) is 0.701. The Balaban J connectivity index is 2.25. The van der Waals surface area contributed by atoms with Gasteiger partial charge in [-0.3, -0.25) is 10.1 Å². The predicted molar refractivity (Wildman–Crippen MR) is 73.0 cm³/mol. The largest absolute Gasteiger partial charge is 0.379 e. The van der Waals surface area contributed by atoms with Crippen LogP contribution in [0.1, 0.15) is 39.2 Å². The molecule has 0 atom stereocenters.